The van der Waals surface area contributed by atoms with Gasteiger partial charge in [-0.3, -0.25) is 5.10 Å². The Bertz CT molecular complexity index is 274. The van der Waals surface area contributed by atoms with E-state index in [-0.39, 0.29) is 0 Å². The van der Waals surface area contributed by atoms with Crippen LogP contribution < -0.4 is 5.73 Å². The van der Waals surface area contributed by atoms with Crippen LogP contribution in [0.2, 0.25) is 0 Å². The van der Waals surface area contributed by atoms with E-state index in [4.69, 9.17) is 5.73 Å². The number of nitrogen functional groups attached to an aromatic ring is 1. The van der Waals surface area contributed by atoms with E-state index in [0.717, 1.165) is 6.42 Å². The lowest BCUT2D eigenvalue weighted by Gasteiger charge is -2.08. The molecule has 13 heavy (non-hydrogen) atoms. The van der Waals surface area contributed by atoms with E-state index >= 15 is 0 Å². The van der Waals surface area contributed by atoms with Crippen LogP contribution in [0.4, 0.5) is 5.82 Å². The first-order chi connectivity index (χ1) is 6.02. The molecular weight excluding hydrogens is 162 g/mol. The SMILES string of the molecule is CC(C)Cc1c(N)n[nH]c1C(C)C. The van der Waals surface area contributed by atoms with Crippen LogP contribution in [0.15, 0.2) is 0 Å². The third kappa shape index (κ3) is 2.23. The first-order valence-corrected chi connectivity index (χ1v) is 4.85. The van der Waals surface area contributed by atoms with Gasteiger partial charge in [-0.05, 0) is 18.3 Å². The Morgan fingerprint density at radius 3 is 2.38 bits per heavy atom. The van der Waals surface area contributed by atoms with Crippen molar-refractivity contribution in [3.8, 4) is 0 Å². The van der Waals surface area contributed by atoms with Gasteiger partial charge in [-0.1, -0.05) is 27.7 Å². The summed E-state index contributed by atoms with van der Waals surface area (Å²) in [6.45, 7) is 8.68. The highest BCUT2D eigenvalue weighted by Crippen LogP contribution is 2.23. The van der Waals surface area contributed by atoms with E-state index in [2.05, 4.69) is 37.9 Å². The molecule has 0 atom stereocenters. The highest BCUT2D eigenvalue weighted by molar-refractivity contribution is 5.43. The van der Waals surface area contributed by atoms with Crippen molar-refractivity contribution in [2.45, 2.75) is 40.0 Å². The van der Waals surface area contributed by atoms with Gasteiger partial charge in [-0.2, -0.15) is 5.10 Å². The van der Waals surface area contributed by atoms with Crippen molar-refractivity contribution in [1.82, 2.24) is 10.2 Å². The van der Waals surface area contributed by atoms with Crippen molar-refractivity contribution >= 4 is 5.82 Å². The van der Waals surface area contributed by atoms with Crippen LogP contribution >= 0.6 is 0 Å². The first kappa shape index (κ1) is 10.1. The van der Waals surface area contributed by atoms with Gasteiger partial charge in [0.15, 0.2) is 0 Å². The Hall–Kier alpha value is -0.990. The lowest BCUT2D eigenvalue weighted by molar-refractivity contribution is 0.638. The second kappa shape index (κ2) is 3.81. The summed E-state index contributed by atoms with van der Waals surface area (Å²) in [4.78, 5) is 0. The number of aromatic nitrogens is 2. The van der Waals surface area contributed by atoms with Gasteiger partial charge in [0.2, 0.25) is 0 Å². The summed E-state index contributed by atoms with van der Waals surface area (Å²) in [6.07, 6.45) is 1.01. The highest BCUT2D eigenvalue weighted by Gasteiger charge is 2.14. The molecule has 74 valence electrons. The predicted octanol–water partition coefficient (Wildman–Crippen LogP) is 2.31. The van der Waals surface area contributed by atoms with Gasteiger partial charge in [0.25, 0.3) is 0 Å². The van der Waals surface area contributed by atoms with E-state index in [9.17, 15) is 0 Å². The lowest BCUT2D eigenvalue weighted by Crippen LogP contribution is -2.01. The van der Waals surface area contributed by atoms with Crippen molar-refractivity contribution in [2.24, 2.45) is 5.92 Å². The summed E-state index contributed by atoms with van der Waals surface area (Å²) in [5, 5.41) is 7.05. The van der Waals surface area contributed by atoms with E-state index in [1.165, 1.54) is 11.3 Å². The largest absolute Gasteiger partial charge is 0.382 e. The summed E-state index contributed by atoms with van der Waals surface area (Å²) in [6, 6.07) is 0. The molecule has 0 aromatic carbocycles. The van der Waals surface area contributed by atoms with Gasteiger partial charge in [0.05, 0.1) is 0 Å². The molecule has 0 saturated carbocycles. The molecule has 0 amide bonds. The lowest BCUT2D eigenvalue weighted by atomic mass is 9.98. The minimum Gasteiger partial charge on any atom is -0.382 e. The monoisotopic (exact) mass is 181 g/mol. The molecule has 0 aliphatic carbocycles. The van der Waals surface area contributed by atoms with Crippen molar-refractivity contribution in [3.63, 3.8) is 0 Å². The minimum absolute atomic E-state index is 0.471. The van der Waals surface area contributed by atoms with Crippen LogP contribution in [0.1, 0.15) is 44.9 Å². The number of H-pyrrole nitrogens is 1. The third-order valence-corrected chi connectivity index (χ3v) is 2.12. The van der Waals surface area contributed by atoms with Crippen molar-refractivity contribution < 1.29 is 0 Å². The minimum atomic E-state index is 0.471. The van der Waals surface area contributed by atoms with E-state index in [1.54, 1.807) is 0 Å². The zero-order chi connectivity index (χ0) is 10.0. The van der Waals surface area contributed by atoms with Gasteiger partial charge < -0.3 is 5.73 Å². The van der Waals surface area contributed by atoms with E-state index in [0.29, 0.717) is 17.7 Å². The van der Waals surface area contributed by atoms with Gasteiger partial charge in [-0.25, -0.2) is 0 Å². The molecule has 0 aliphatic heterocycles. The molecule has 0 bridgehead atoms. The first-order valence-electron chi connectivity index (χ1n) is 4.85. The van der Waals surface area contributed by atoms with Gasteiger partial charge in [-0.15, -0.1) is 0 Å². The number of hydrogen-bond acceptors (Lipinski definition) is 2. The Morgan fingerprint density at radius 1 is 1.31 bits per heavy atom. The molecule has 3 nitrogen and oxygen atoms in total. The smallest absolute Gasteiger partial charge is 0.148 e. The Morgan fingerprint density at radius 2 is 1.92 bits per heavy atom. The molecule has 1 heterocycles. The molecule has 1 aromatic rings. The average Bonchev–Trinajstić information content (AvgIpc) is 2.32. The number of anilines is 1. The number of rotatable bonds is 3. The van der Waals surface area contributed by atoms with Crippen LogP contribution in [0.25, 0.3) is 0 Å². The van der Waals surface area contributed by atoms with E-state index < -0.39 is 0 Å². The van der Waals surface area contributed by atoms with E-state index in [1.807, 2.05) is 0 Å². The molecule has 0 radical (unpaired) electrons. The van der Waals surface area contributed by atoms with Crippen LogP contribution in [0.3, 0.4) is 0 Å². The zero-order valence-corrected chi connectivity index (χ0v) is 8.89. The summed E-state index contributed by atoms with van der Waals surface area (Å²) in [7, 11) is 0. The third-order valence-electron chi connectivity index (χ3n) is 2.12. The van der Waals surface area contributed by atoms with Gasteiger partial charge in [0.1, 0.15) is 5.82 Å². The van der Waals surface area contributed by atoms with Crippen LogP contribution in [-0.2, 0) is 6.42 Å². The molecule has 0 unspecified atom stereocenters. The van der Waals surface area contributed by atoms with Gasteiger partial charge in [0, 0.05) is 11.3 Å². The summed E-state index contributed by atoms with van der Waals surface area (Å²) in [5.74, 6) is 1.76. The molecule has 0 fully saturated rings. The molecule has 0 saturated heterocycles. The van der Waals surface area contributed by atoms with Crippen LogP contribution in [-0.4, -0.2) is 10.2 Å². The molecule has 0 spiro atoms. The fourth-order valence-electron chi connectivity index (χ4n) is 1.49. The normalized spacial score (nSPS) is 11.5. The fraction of sp³-hybridized carbons (Fsp3) is 0.700. The Labute approximate surface area is 79.7 Å². The standard InChI is InChI=1S/C10H19N3/c1-6(2)5-8-9(7(3)4)12-13-10(8)11/h6-7H,5H2,1-4H3,(H3,11,12,13). The topological polar surface area (TPSA) is 54.7 Å². The van der Waals surface area contributed by atoms with Crippen molar-refractivity contribution in [1.29, 1.82) is 0 Å². The highest BCUT2D eigenvalue weighted by atomic mass is 15.2. The predicted molar refractivity (Wildman–Crippen MR) is 55.6 cm³/mol. The zero-order valence-electron chi connectivity index (χ0n) is 8.89. The second-order valence-corrected chi connectivity index (χ2v) is 4.25. The maximum Gasteiger partial charge on any atom is 0.148 e. The molecular formula is C10H19N3. The number of hydrogen-bond donors (Lipinski definition) is 2. The molecule has 1 aromatic heterocycles. The number of nitrogens with two attached hydrogens (primary N) is 1. The van der Waals surface area contributed by atoms with Crippen molar-refractivity contribution in [2.75, 3.05) is 5.73 Å². The van der Waals surface area contributed by atoms with Gasteiger partial charge >= 0.3 is 0 Å². The number of aromatic amines is 1. The maximum atomic E-state index is 5.79. The molecule has 0 aliphatic rings. The summed E-state index contributed by atoms with van der Waals surface area (Å²) >= 11 is 0. The Balaban J connectivity index is 2.94. The second-order valence-electron chi connectivity index (χ2n) is 4.25. The van der Waals surface area contributed by atoms with Crippen molar-refractivity contribution in [3.05, 3.63) is 11.3 Å². The fourth-order valence-corrected chi connectivity index (χ4v) is 1.49. The summed E-state index contributed by atoms with van der Waals surface area (Å²) in [5.41, 5.74) is 8.17. The quantitative estimate of drug-likeness (QED) is 0.751. The van der Waals surface area contributed by atoms with Crippen LogP contribution in [0.5, 0.6) is 0 Å². The molecule has 1 rings (SSSR count). The summed E-state index contributed by atoms with van der Waals surface area (Å²) < 4.78 is 0. The maximum absolute atomic E-state index is 5.79. The van der Waals surface area contributed by atoms with Crippen LogP contribution in [0, 0.1) is 5.92 Å². The number of nitrogens with zero attached hydrogens (tertiary/aromatic N) is 1. The molecule has 3 heteroatoms. The Kier molecular flexibility index (Phi) is 2.96. The molecule has 3 N–H and O–H groups in total. The number of nitrogens with one attached hydrogen (secondary N) is 1. The average molecular weight is 181 g/mol.